The smallest absolute Gasteiger partial charge is 0.191 e. The molecule has 0 saturated carbocycles. The van der Waals surface area contributed by atoms with Crippen molar-refractivity contribution in [3.8, 4) is 0 Å². The molecule has 0 bridgehead atoms. The molecule has 1 heterocycles. The molecule has 2 rings (SSSR count). The Balaban J connectivity index is 2.21. The number of benzene rings is 1. The fourth-order valence-electron chi connectivity index (χ4n) is 3.04. The zero-order chi connectivity index (χ0) is 17.4. The van der Waals surface area contributed by atoms with Crippen molar-refractivity contribution >= 4 is 17.6 Å². The van der Waals surface area contributed by atoms with Crippen molar-refractivity contribution in [2.45, 2.75) is 39.0 Å². The van der Waals surface area contributed by atoms with Gasteiger partial charge < -0.3 is 15.4 Å². The van der Waals surface area contributed by atoms with E-state index in [1.165, 1.54) is 5.56 Å². The average Bonchev–Trinajstić information content (AvgIpc) is 2.58. The lowest BCUT2D eigenvalue weighted by Gasteiger charge is -2.37. The van der Waals surface area contributed by atoms with Crippen molar-refractivity contribution in [3.05, 3.63) is 34.9 Å². The largest absolute Gasteiger partial charge is 0.381 e. The first-order valence-corrected chi connectivity index (χ1v) is 9.30. The van der Waals surface area contributed by atoms with Crippen molar-refractivity contribution < 1.29 is 4.74 Å². The molecule has 0 unspecified atom stereocenters. The molecule has 1 aliphatic rings. The van der Waals surface area contributed by atoms with Crippen LogP contribution in [0.3, 0.4) is 0 Å². The number of ether oxygens (including phenoxy) is 1. The summed E-state index contributed by atoms with van der Waals surface area (Å²) in [5.41, 5.74) is 1.15. The molecule has 4 nitrogen and oxygen atoms in total. The van der Waals surface area contributed by atoms with Crippen LogP contribution in [-0.2, 0) is 10.2 Å². The van der Waals surface area contributed by atoms with Crippen LogP contribution in [0.5, 0.6) is 0 Å². The molecule has 0 amide bonds. The van der Waals surface area contributed by atoms with E-state index in [0.29, 0.717) is 12.5 Å². The van der Waals surface area contributed by atoms with E-state index in [4.69, 9.17) is 21.3 Å². The van der Waals surface area contributed by atoms with Gasteiger partial charge >= 0.3 is 0 Å². The zero-order valence-corrected chi connectivity index (χ0v) is 15.8. The number of halogens is 1. The van der Waals surface area contributed by atoms with Crippen LogP contribution in [0, 0.1) is 5.92 Å². The minimum atomic E-state index is -0.0449. The molecule has 5 heteroatoms. The third-order valence-electron chi connectivity index (χ3n) is 4.46. The Morgan fingerprint density at radius 1 is 1.25 bits per heavy atom. The number of guanidine groups is 1. The van der Waals surface area contributed by atoms with E-state index in [2.05, 4.69) is 43.5 Å². The molecule has 134 valence electrons. The van der Waals surface area contributed by atoms with Crippen molar-refractivity contribution in [2.75, 3.05) is 32.8 Å². The third-order valence-corrected chi connectivity index (χ3v) is 4.79. The number of rotatable bonds is 6. The maximum Gasteiger partial charge on any atom is 0.191 e. The molecule has 1 fully saturated rings. The Labute approximate surface area is 151 Å². The minimum absolute atomic E-state index is 0.0449. The van der Waals surface area contributed by atoms with E-state index in [1.807, 2.05) is 12.1 Å². The molecule has 1 saturated heterocycles. The second kappa shape index (κ2) is 9.28. The highest BCUT2D eigenvalue weighted by atomic mass is 35.5. The lowest BCUT2D eigenvalue weighted by atomic mass is 9.74. The molecule has 0 atom stereocenters. The van der Waals surface area contributed by atoms with Crippen molar-refractivity contribution in [2.24, 2.45) is 10.9 Å². The number of hydrogen-bond donors (Lipinski definition) is 2. The predicted molar refractivity (Wildman–Crippen MR) is 102 cm³/mol. The Hall–Kier alpha value is -1.26. The Morgan fingerprint density at radius 3 is 2.58 bits per heavy atom. The summed E-state index contributed by atoms with van der Waals surface area (Å²) in [7, 11) is 0. The van der Waals surface area contributed by atoms with Crippen LogP contribution < -0.4 is 10.6 Å². The lowest BCUT2D eigenvalue weighted by Crippen LogP contribution is -2.42. The highest BCUT2D eigenvalue weighted by Gasteiger charge is 2.36. The summed E-state index contributed by atoms with van der Waals surface area (Å²) in [6.45, 7) is 10.5. The molecule has 0 spiro atoms. The Bertz CT molecular complexity index is 539. The maximum atomic E-state index is 6.51. The summed E-state index contributed by atoms with van der Waals surface area (Å²) >= 11 is 6.51. The fraction of sp³-hybridized carbons (Fsp3) is 0.632. The molecule has 1 aliphatic heterocycles. The summed E-state index contributed by atoms with van der Waals surface area (Å²) in [5.74, 6) is 1.46. The Kier molecular flexibility index (Phi) is 7.38. The minimum Gasteiger partial charge on any atom is -0.381 e. The normalized spacial score (nSPS) is 17.8. The third kappa shape index (κ3) is 5.12. The van der Waals surface area contributed by atoms with E-state index in [0.717, 1.165) is 50.1 Å². The van der Waals surface area contributed by atoms with Crippen molar-refractivity contribution in [3.63, 3.8) is 0 Å². The second-order valence-electron chi connectivity index (χ2n) is 6.84. The molecule has 24 heavy (non-hydrogen) atoms. The molecular weight excluding hydrogens is 322 g/mol. The first-order chi connectivity index (χ1) is 11.6. The van der Waals surface area contributed by atoms with Crippen LogP contribution in [-0.4, -0.2) is 38.8 Å². The van der Waals surface area contributed by atoms with Gasteiger partial charge in [-0.2, -0.15) is 0 Å². The lowest BCUT2D eigenvalue weighted by molar-refractivity contribution is 0.0531. The van der Waals surface area contributed by atoms with Crippen LogP contribution in [0.15, 0.2) is 29.3 Å². The zero-order valence-electron chi connectivity index (χ0n) is 15.1. The van der Waals surface area contributed by atoms with Gasteiger partial charge in [-0.3, -0.25) is 4.99 Å². The van der Waals surface area contributed by atoms with Crippen molar-refractivity contribution in [1.29, 1.82) is 0 Å². The first-order valence-electron chi connectivity index (χ1n) is 8.92. The van der Waals surface area contributed by atoms with E-state index in [9.17, 15) is 0 Å². The van der Waals surface area contributed by atoms with Gasteiger partial charge in [0.15, 0.2) is 5.96 Å². The van der Waals surface area contributed by atoms with Gasteiger partial charge in [0.05, 0.1) is 6.54 Å². The van der Waals surface area contributed by atoms with Crippen LogP contribution in [0.2, 0.25) is 5.02 Å². The number of nitrogens with zero attached hydrogens (tertiary/aromatic N) is 1. The number of aliphatic imine (C=N–C) groups is 1. The first kappa shape index (κ1) is 19.1. The SMILES string of the molecule is CCNC(=NCC1(c2ccccc2Cl)CCOCC1)NCC(C)C. The fourth-order valence-corrected chi connectivity index (χ4v) is 3.38. The van der Waals surface area contributed by atoms with Gasteiger partial charge in [0.25, 0.3) is 0 Å². The van der Waals surface area contributed by atoms with Gasteiger partial charge in [-0.25, -0.2) is 0 Å². The average molecular weight is 352 g/mol. The summed E-state index contributed by atoms with van der Waals surface area (Å²) in [6, 6.07) is 8.15. The molecule has 1 aromatic carbocycles. The van der Waals surface area contributed by atoms with E-state index >= 15 is 0 Å². The molecule has 0 aromatic heterocycles. The summed E-state index contributed by atoms with van der Waals surface area (Å²) < 4.78 is 5.60. The van der Waals surface area contributed by atoms with E-state index < -0.39 is 0 Å². The molecule has 0 aliphatic carbocycles. The molecular formula is C19H30ClN3O. The second-order valence-corrected chi connectivity index (χ2v) is 7.25. The standard InChI is InChI=1S/C19H30ClN3O/c1-4-21-18(22-13-15(2)3)23-14-19(9-11-24-12-10-19)16-7-5-6-8-17(16)20/h5-8,15H,4,9-14H2,1-3H3,(H2,21,22,23). The summed E-state index contributed by atoms with van der Waals surface area (Å²) in [5, 5.41) is 7.58. The van der Waals surface area contributed by atoms with Gasteiger partial charge in [0.1, 0.15) is 0 Å². The van der Waals surface area contributed by atoms with Gasteiger partial charge in [0.2, 0.25) is 0 Å². The quantitative estimate of drug-likeness (QED) is 0.608. The summed E-state index contributed by atoms with van der Waals surface area (Å²) in [6.07, 6.45) is 1.90. The van der Waals surface area contributed by atoms with Gasteiger partial charge in [-0.15, -0.1) is 0 Å². The number of nitrogens with one attached hydrogen (secondary N) is 2. The monoisotopic (exact) mass is 351 g/mol. The van der Waals surface area contributed by atoms with Crippen LogP contribution in [0.25, 0.3) is 0 Å². The maximum absolute atomic E-state index is 6.51. The van der Waals surface area contributed by atoms with Crippen LogP contribution in [0.1, 0.15) is 39.2 Å². The van der Waals surface area contributed by atoms with Gasteiger partial charge in [0, 0.05) is 36.7 Å². The van der Waals surface area contributed by atoms with E-state index in [1.54, 1.807) is 0 Å². The summed E-state index contributed by atoms with van der Waals surface area (Å²) in [4.78, 5) is 4.88. The van der Waals surface area contributed by atoms with Gasteiger partial charge in [-0.1, -0.05) is 43.6 Å². The Morgan fingerprint density at radius 2 is 1.96 bits per heavy atom. The molecule has 0 radical (unpaired) electrons. The van der Waals surface area contributed by atoms with Gasteiger partial charge in [-0.05, 0) is 37.3 Å². The highest BCUT2D eigenvalue weighted by Crippen LogP contribution is 2.38. The van der Waals surface area contributed by atoms with E-state index in [-0.39, 0.29) is 5.41 Å². The molecule has 1 aromatic rings. The highest BCUT2D eigenvalue weighted by molar-refractivity contribution is 6.31. The van der Waals surface area contributed by atoms with Crippen LogP contribution >= 0.6 is 11.6 Å². The predicted octanol–water partition coefficient (Wildman–Crippen LogP) is 3.60. The van der Waals surface area contributed by atoms with Crippen molar-refractivity contribution in [1.82, 2.24) is 10.6 Å². The van der Waals surface area contributed by atoms with Crippen LogP contribution in [0.4, 0.5) is 0 Å². The molecule has 2 N–H and O–H groups in total. The topological polar surface area (TPSA) is 45.7 Å². The number of hydrogen-bond acceptors (Lipinski definition) is 2.